The van der Waals surface area contributed by atoms with Gasteiger partial charge in [-0.25, -0.2) is 5.26 Å². The van der Waals surface area contributed by atoms with Gasteiger partial charge >= 0.3 is 5.97 Å². The molecule has 0 spiro atoms. The van der Waals surface area contributed by atoms with E-state index in [-0.39, 0.29) is 12.1 Å². The number of ketones is 1. The standard InChI is InChI=1S/C13H19BN2O3/c1-13(2,3)19-12(18)11-9(7-16(4)5)10(17)6-14(11)8-15/h7,11H,6H2,1-5H3/b9-7+. The number of carbonyl (C=O) groups excluding carboxylic acids is 2. The minimum atomic E-state index is -0.779. The first-order valence-electron chi connectivity index (χ1n) is 6.19. The number of nitriles is 1. The zero-order chi connectivity index (χ0) is 14.8. The van der Waals surface area contributed by atoms with Gasteiger partial charge in [0.15, 0.2) is 5.78 Å². The van der Waals surface area contributed by atoms with Gasteiger partial charge in [0.1, 0.15) is 5.60 Å². The van der Waals surface area contributed by atoms with Gasteiger partial charge in [0.25, 0.3) is 6.71 Å². The number of ether oxygens (including phenoxy) is 1. The fourth-order valence-electron chi connectivity index (χ4n) is 2.03. The molecule has 1 aliphatic rings. The molecule has 6 heteroatoms. The van der Waals surface area contributed by atoms with Crippen LogP contribution in [0.25, 0.3) is 0 Å². The molecule has 1 aliphatic heterocycles. The van der Waals surface area contributed by atoms with E-state index in [1.807, 2.05) is 5.97 Å². The molecule has 19 heavy (non-hydrogen) atoms. The maximum atomic E-state index is 12.2. The first-order chi connectivity index (χ1) is 8.65. The van der Waals surface area contributed by atoms with E-state index in [1.54, 1.807) is 46.0 Å². The number of carbonyl (C=O) groups is 2. The van der Waals surface area contributed by atoms with Crippen LogP contribution in [0.15, 0.2) is 11.8 Å². The maximum absolute atomic E-state index is 12.2. The Morgan fingerprint density at radius 1 is 1.53 bits per heavy atom. The van der Waals surface area contributed by atoms with Crippen molar-refractivity contribution in [1.29, 1.82) is 5.26 Å². The summed E-state index contributed by atoms with van der Waals surface area (Å²) in [5.74, 6) is 0.596. The summed E-state index contributed by atoms with van der Waals surface area (Å²) < 4.78 is 5.31. The molecule has 102 valence electrons. The van der Waals surface area contributed by atoms with Gasteiger partial charge in [-0.15, -0.1) is 0 Å². The van der Waals surface area contributed by atoms with Crippen LogP contribution < -0.4 is 0 Å². The van der Waals surface area contributed by atoms with Crippen LogP contribution in [0.4, 0.5) is 0 Å². The van der Waals surface area contributed by atoms with Crippen molar-refractivity contribution in [2.75, 3.05) is 14.1 Å². The molecule has 0 bridgehead atoms. The number of hydrogen-bond donors (Lipinski definition) is 0. The predicted octanol–water partition coefficient (Wildman–Crippen LogP) is 1.28. The normalized spacial score (nSPS) is 21.5. The molecule has 0 aromatic carbocycles. The summed E-state index contributed by atoms with van der Waals surface area (Å²) in [6, 6.07) is 0. The Kier molecular flexibility index (Phi) is 4.41. The Labute approximate surface area is 114 Å². The molecule has 1 atom stereocenters. The number of nitrogens with zero attached hydrogens (tertiary/aromatic N) is 2. The molecule has 1 saturated heterocycles. The lowest BCUT2D eigenvalue weighted by atomic mass is 9.43. The highest BCUT2D eigenvalue weighted by Crippen LogP contribution is 2.35. The zero-order valence-electron chi connectivity index (χ0n) is 12.1. The summed E-state index contributed by atoms with van der Waals surface area (Å²) in [6.45, 7) is 4.66. The van der Waals surface area contributed by atoms with Crippen molar-refractivity contribution in [1.82, 2.24) is 4.90 Å². The molecule has 0 amide bonds. The number of rotatable bonds is 2. The van der Waals surface area contributed by atoms with E-state index in [1.165, 1.54) is 0 Å². The van der Waals surface area contributed by atoms with Crippen molar-refractivity contribution in [3.05, 3.63) is 11.8 Å². The van der Waals surface area contributed by atoms with E-state index in [0.717, 1.165) is 0 Å². The van der Waals surface area contributed by atoms with Gasteiger partial charge in [0.05, 0.1) is 5.82 Å². The number of esters is 1. The average Bonchev–Trinajstić information content (AvgIpc) is 2.52. The summed E-state index contributed by atoms with van der Waals surface area (Å²) in [7, 11) is 3.54. The molecule has 0 aromatic heterocycles. The zero-order valence-corrected chi connectivity index (χ0v) is 12.1. The highest BCUT2D eigenvalue weighted by Gasteiger charge is 2.47. The fraction of sp³-hybridized carbons (Fsp3) is 0.615. The van der Waals surface area contributed by atoms with Gasteiger partial charge in [-0.05, 0) is 20.8 Å². The first kappa shape index (κ1) is 15.3. The molecular formula is C13H19BN2O3. The molecular weight excluding hydrogens is 243 g/mol. The van der Waals surface area contributed by atoms with Gasteiger partial charge in [-0.3, -0.25) is 9.59 Å². The molecule has 0 N–H and O–H groups in total. The van der Waals surface area contributed by atoms with Gasteiger partial charge in [-0.1, -0.05) is 0 Å². The van der Waals surface area contributed by atoms with Crippen LogP contribution in [0.5, 0.6) is 0 Å². The molecule has 5 nitrogen and oxygen atoms in total. The third kappa shape index (κ3) is 3.85. The van der Waals surface area contributed by atoms with E-state index in [2.05, 4.69) is 0 Å². The highest BCUT2D eigenvalue weighted by molar-refractivity contribution is 6.79. The van der Waals surface area contributed by atoms with Gasteiger partial charge in [0, 0.05) is 38.2 Å². The largest absolute Gasteiger partial charge is 0.460 e. The van der Waals surface area contributed by atoms with Crippen molar-refractivity contribution >= 4 is 18.5 Å². The van der Waals surface area contributed by atoms with Crippen LogP contribution in [0.3, 0.4) is 0 Å². The summed E-state index contributed by atoms with van der Waals surface area (Å²) in [4.78, 5) is 25.8. The SMILES string of the molecule is CN(C)/C=C1\C(=O)CB(C#N)C1C(=O)OC(C)(C)C. The van der Waals surface area contributed by atoms with E-state index >= 15 is 0 Å². The van der Waals surface area contributed by atoms with E-state index in [9.17, 15) is 9.59 Å². The Morgan fingerprint density at radius 3 is 2.53 bits per heavy atom. The van der Waals surface area contributed by atoms with Gasteiger partial charge in [-0.2, -0.15) is 0 Å². The smallest absolute Gasteiger partial charge is 0.307 e. The second-order valence-corrected chi connectivity index (χ2v) is 5.92. The van der Waals surface area contributed by atoms with E-state index in [4.69, 9.17) is 10.00 Å². The third-order valence-electron chi connectivity index (χ3n) is 2.69. The van der Waals surface area contributed by atoms with Gasteiger partial charge < -0.3 is 9.64 Å². The Hall–Kier alpha value is -1.77. The topological polar surface area (TPSA) is 70.4 Å². The number of Topliss-reactive ketones (excluding diaryl/α,β-unsaturated/α-hetero) is 1. The molecule has 1 unspecified atom stereocenters. The van der Waals surface area contributed by atoms with Crippen LogP contribution in [-0.4, -0.2) is 43.1 Å². The molecule has 0 radical (unpaired) electrons. The molecule has 0 aliphatic carbocycles. The minimum Gasteiger partial charge on any atom is -0.460 e. The van der Waals surface area contributed by atoms with Crippen LogP contribution in [0, 0.1) is 11.2 Å². The Bertz CT molecular complexity index is 457. The van der Waals surface area contributed by atoms with Crippen LogP contribution in [0.2, 0.25) is 12.1 Å². The van der Waals surface area contributed by atoms with Crippen molar-refractivity contribution in [2.45, 2.75) is 38.5 Å². The van der Waals surface area contributed by atoms with Crippen molar-refractivity contribution in [2.24, 2.45) is 0 Å². The molecule has 0 saturated carbocycles. The van der Waals surface area contributed by atoms with Crippen molar-refractivity contribution in [3.63, 3.8) is 0 Å². The van der Waals surface area contributed by atoms with Crippen LogP contribution in [0.1, 0.15) is 20.8 Å². The second-order valence-electron chi connectivity index (χ2n) is 5.92. The Balaban J connectivity index is 3.08. The monoisotopic (exact) mass is 262 g/mol. The lowest BCUT2D eigenvalue weighted by molar-refractivity contribution is -0.154. The second kappa shape index (κ2) is 5.47. The van der Waals surface area contributed by atoms with Crippen LogP contribution >= 0.6 is 0 Å². The lowest BCUT2D eigenvalue weighted by Gasteiger charge is -2.23. The summed E-state index contributed by atoms with van der Waals surface area (Å²) in [5.41, 5.74) is -0.267. The van der Waals surface area contributed by atoms with E-state index < -0.39 is 24.1 Å². The number of hydrogen-bond acceptors (Lipinski definition) is 5. The summed E-state index contributed by atoms with van der Waals surface area (Å²) in [5, 5.41) is 9.10. The molecule has 0 aromatic rings. The van der Waals surface area contributed by atoms with Gasteiger partial charge in [0.2, 0.25) is 0 Å². The predicted molar refractivity (Wildman–Crippen MR) is 72.5 cm³/mol. The fourth-order valence-corrected chi connectivity index (χ4v) is 2.03. The molecule has 1 rings (SSSR count). The first-order valence-corrected chi connectivity index (χ1v) is 6.19. The van der Waals surface area contributed by atoms with Crippen LogP contribution in [-0.2, 0) is 14.3 Å². The quantitative estimate of drug-likeness (QED) is 0.426. The minimum absolute atomic E-state index is 0.0834. The summed E-state index contributed by atoms with van der Waals surface area (Å²) in [6.07, 6.45) is 1.69. The molecule has 1 fully saturated rings. The van der Waals surface area contributed by atoms with E-state index in [0.29, 0.717) is 5.57 Å². The molecule has 1 heterocycles. The summed E-state index contributed by atoms with van der Waals surface area (Å²) >= 11 is 0. The average molecular weight is 262 g/mol. The lowest BCUT2D eigenvalue weighted by Crippen LogP contribution is -2.31. The highest BCUT2D eigenvalue weighted by atomic mass is 16.6. The van der Waals surface area contributed by atoms with Crippen molar-refractivity contribution < 1.29 is 14.3 Å². The Morgan fingerprint density at radius 2 is 2.11 bits per heavy atom. The van der Waals surface area contributed by atoms with Crippen molar-refractivity contribution in [3.8, 4) is 5.97 Å². The maximum Gasteiger partial charge on any atom is 0.307 e. The third-order valence-corrected chi connectivity index (χ3v) is 2.69.